The van der Waals surface area contributed by atoms with Gasteiger partial charge in [-0.25, -0.2) is 12.7 Å². The predicted molar refractivity (Wildman–Crippen MR) is 131 cm³/mol. The first-order valence-electron chi connectivity index (χ1n) is 9.77. The minimum atomic E-state index is -3.24. The van der Waals surface area contributed by atoms with Crippen molar-refractivity contribution in [2.24, 2.45) is 0 Å². The highest BCUT2D eigenvalue weighted by Gasteiger charge is 2.25. The molecule has 1 heterocycles. The van der Waals surface area contributed by atoms with Crippen molar-refractivity contribution in [3.05, 3.63) is 67.7 Å². The maximum atomic E-state index is 13.6. The Bertz CT molecular complexity index is 1260. The molecule has 0 aliphatic carbocycles. The summed E-state index contributed by atoms with van der Waals surface area (Å²) in [5.41, 5.74) is 2.74. The van der Waals surface area contributed by atoms with Gasteiger partial charge in [0.1, 0.15) is 0 Å². The van der Waals surface area contributed by atoms with E-state index in [0.29, 0.717) is 42.1 Å². The van der Waals surface area contributed by atoms with E-state index in [4.69, 9.17) is 23.2 Å². The fourth-order valence-electron chi connectivity index (χ4n) is 3.72. The molecule has 0 saturated heterocycles. The van der Waals surface area contributed by atoms with Crippen molar-refractivity contribution in [2.45, 2.75) is 26.3 Å². The molecule has 0 bridgehead atoms. The number of rotatable bonds is 8. The molecule has 1 aromatic heterocycles. The smallest absolute Gasteiger partial charge is 0.210 e. The zero-order valence-corrected chi connectivity index (χ0v) is 21.4. The van der Waals surface area contributed by atoms with Crippen molar-refractivity contribution in [1.82, 2.24) is 8.87 Å². The molecular formula is C22H23BrCl2N2O3S. The third-order valence-electron chi connectivity index (χ3n) is 5.32. The van der Waals surface area contributed by atoms with Gasteiger partial charge in [-0.2, -0.15) is 0 Å². The van der Waals surface area contributed by atoms with Crippen LogP contribution < -0.4 is 0 Å². The number of carbonyl (C=O) groups is 1. The molecule has 0 saturated carbocycles. The largest absolute Gasteiger partial charge is 0.343 e. The Morgan fingerprint density at radius 2 is 1.84 bits per heavy atom. The lowest BCUT2D eigenvalue weighted by molar-refractivity contribution is 0.103. The lowest BCUT2D eigenvalue weighted by Crippen LogP contribution is -2.27. The van der Waals surface area contributed by atoms with E-state index in [-0.39, 0.29) is 10.8 Å². The summed E-state index contributed by atoms with van der Waals surface area (Å²) in [5, 5.41) is 1.39. The highest BCUT2D eigenvalue weighted by Crippen LogP contribution is 2.36. The Morgan fingerprint density at radius 3 is 2.48 bits per heavy atom. The zero-order chi connectivity index (χ0) is 22.9. The Morgan fingerprint density at radius 1 is 1.16 bits per heavy atom. The summed E-state index contributed by atoms with van der Waals surface area (Å²) in [7, 11) is -1.68. The first kappa shape index (κ1) is 24.3. The molecule has 2 aromatic carbocycles. The van der Waals surface area contributed by atoms with Gasteiger partial charge in [0.15, 0.2) is 5.78 Å². The molecule has 0 atom stereocenters. The molecular weight excluding hydrogens is 523 g/mol. The Kier molecular flexibility index (Phi) is 7.54. The number of hydrogen-bond acceptors (Lipinski definition) is 3. The molecule has 0 fully saturated rings. The summed E-state index contributed by atoms with van der Waals surface area (Å²) in [5.74, 6) is -0.181. The van der Waals surface area contributed by atoms with Crippen molar-refractivity contribution >= 4 is 65.8 Å². The van der Waals surface area contributed by atoms with E-state index in [0.717, 1.165) is 21.1 Å². The van der Waals surface area contributed by atoms with Gasteiger partial charge in [-0.15, -0.1) is 0 Å². The van der Waals surface area contributed by atoms with Crippen LogP contribution in [0.1, 0.15) is 35.0 Å². The van der Waals surface area contributed by atoms with E-state index in [1.165, 1.54) is 10.6 Å². The number of ketones is 1. The van der Waals surface area contributed by atoms with Crippen LogP contribution in [-0.4, -0.2) is 42.9 Å². The van der Waals surface area contributed by atoms with Gasteiger partial charge in [0.05, 0.1) is 27.4 Å². The predicted octanol–water partition coefficient (Wildman–Crippen LogP) is 5.79. The molecule has 0 aliphatic rings. The van der Waals surface area contributed by atoms with E-state index in [1.807, 2.05) is 25.1 Å². The van der Waals surface area contributed by atoms with Crippen LogP contribution in [0.3, 0.4) is 0 Å². The van der Waals surface area contributed by atoms with Crippen LogP contribution >= 0.6 is 39.1 Å². The zero-order valence-electron chi connectivity index (χ0n) is 17.5. The SMILES string of the molecule is CCc1c(C(=O)c2cccc(Cl)c2Cl)c2cccc(Br)c2n1CCCN(C)S(C)(=O)=O. The van der Waals surface area contributed by atoms with Crippen LogP contribution in [0, 0.1) is 0 Å². The molecule has 0 spiro atoms. The normalized spacial score (nSPS) is 12.1. The average Bonchev–Trinajstić information content (AvgIpc) is 3.03. The Hall–Kier alpha value is -1.38. The van der Waals surface area contributed by atoms with Gasteiger partial charge in [0, 0.05) is 41.3 Å². The number of aromatic nitrogens is 1. The molecule has 0 amide bonds. The number of aryl methyl sites for hydroxylation is 1. The van der Waals surface area contributed by atoms with E-state index in [2.05, 4.69) is 20.5 Å². The lowest BCUT2D eigenvalue weighted by Gasteiger charge is -2.16. The van der Waals surface area contributed by atoms with E-state index >= 15 is 0 Å². The Labute approximate surface area is 201 Å². The number of para-hydroxylation sites is 1. The summed E-state index contributed by atoms with van der Waals surface area (Å²) in [6.45, 7) is 2.95. The molecule has 9 heteroatoms. The second kappa shape index (κ2) is 9.63. The van der Waals surface area contributed by atoms with Gasteiger partial charge in [-0.1, -0.05) is 48.3 Å². The van der Waals surface area contributed by atoms with Crippen LogP contribution in [-0.2, 0) is 23.0 Å². The standard InChI is InChI=1S/C22H23BrCl2N2O3S/c1-4-18-19(22(28)15-9-6-11-17(24)20(15)25)14-8-5-10-16(23)21(14)27(18)13-7-12-26(2)31(3,29)30/h5-6,8-11H,4,7,12-13H2,1-3H3. The van der Waals surface area contributed by atoms with Gasteiger partial charge in [0.2, 0.25) is 10.0 Å². The minimum absolute atomic E-state index is 0.181. The van der Waals surface area contributed by atoms with Crippen LogP contribution in [0.15, 0.2) is 40.9 Å². The fraction of sp³-hybridized carbons (Fsp3) is 0.318. The maximum Gasteiger partial charge on any atom is 0.210 e. The summed E-state index contributed by atoms with van der Waals surface area (Å²) in [6.07, 6.45) is 2.42. The molecule has 3 rings (SSSR count). The van der Waals surface area contributed by atoms with Crippen molar-refractivity contribution in [2.75, 3.05) is 19.8 Å². The maximum absolute atomic E-state index is 13.6. The summed E-state index contributed by atoms with van der Waals surface area (Å²) >= 11 is 16.1. The van der Waals surface area contributed by atoms with Gasteiger partial charge in [0.25, 0.3) is 0 Å². The average molecular weight is 546 g/mol. The second-order valence-corrected chi connectivity index (χ2v) is 11.1. The molecule has 3 aromatic rings. The number of carbonyl (C=O) groups excluding carboxylic acids is 1. The highest BCUT2D eigenvalue weighted by molar-refractivity contribution is 9.10. The molecule has 31 heavy (non-hydrogen) atoms. The second-order valence-electron chi connectivity index (χ2n) is 7.33. The van der Waals surface area contributed by atoms with Crippen molar-refractivity contribution < 1.29 is 13.2 Å². The summed E-state index contributed by atoms with van der Waals surface area (Å²) in [4.78, 5) is 13.6. The molecule has 0 radical (unpaired) electrons. The third kappa shape index (κ3) is 4.86. The number of halogens is 3. The molecule has 0 aliphatic heterocycles. The summed E-state index contributed by atoms with van der Waals surface area (Å²) in [6, 6.07) is 10.8. The molecule has 0 unspecified atom stereocenters. The van der Waals surface area contributed by atoms with Crippen LogP contribution in [0.2, 0.25) is 10.0 Å². The van der Waals surface area contributed by atoms with Gasteiger partial charge >= 0.3 is 0 Å². The van der Waals surface area contributed by atoms with E-state index in [1.54, 1.807) is 25.2 Å². The molecule has 166 valence electrons. The fourth-order valence-corrected chi connectivity index (χ4v) is 5.14. The minimum Gasteiger partial charge on any atom is -0.343 e. The van der Waals surface area contributed by atoms with E-state index < -0.39 is 10.0 Å². The van der Waals surface area contributed by atoms with Gasteiger partial charge in [-0.3, -0.25) is 4.79 Å². The van der Waals surface area contributed by atoms with Crippen LogP contribution in [0.5, 0.6) is 0 Å². The topological polar surface area (TPSA) is 59.4 Å². The monoisotopic (exact) mass is 544 g/mol. The number of hydrogen-bond donors (Lipinski definition) is 0. The van der Waals surface area contributed by atoms with E-state index in [9.17, 15) is 13.2 Å². The van der Waals surface area contributed by atoms with Crippen molar-refractivity contribution in [1.29, 1.82) is 0 Å². The highest BCUT2D eigenvalue weighted by atomic mass is 79.9. The summed E-state index contributed by atoms with van der Waals surface area (Å²) < 4.78 is 27.7. The number of benzene rings is 2. The molecule has 5 nitrogen and oxygen atoms in total. The molecule has 0 N–H and O–H groups in total. The Balaban J connectivity index is 2.12. The number of fused-ring (bicyclic) bond motifs is 1. The van der Waals surface area contributed by atoms with Crippen LogP contribution in [0.25, 0.3) is 10.9 Å². The first-order valence-corrected chi connectivity index (χ1v) is 13.2. The first-order chi connectivity index (χ1) is 14.6. The lowest BCUT2D eigenvalue weighted by atomic mass is 9.99. The van der Waals surface area contributed by atoms with Gasteiger partial charge in [-0.05, 0) is 47.0 Å². The van der Waals surface area contributed by atoms with Crippen molar-refractivity contribution in [3.63, 3.8) is 0 Å². The quantitative estimate of drug-likeness (QED) is 0.337. The number of sulfonamides is 1. The van der Waals surface area contributed by atoms with Crippen LogP contribution in [0.4, 0.5) is 0 Å². The number of nitrogens with zero attached hydrogens (tertiary/aromatic N) is 2. The van der Waals surface area contributed by atoms with Gasteiger partial charge < -0.3 is 4.57 Å². The van der Waals surface area contributed by atoms with Crippen molar-refractivity contribution in [3.8, 4) is 0 Å². The third-order valence-corrected chi connectivity index (χ3v) is 8.09.